The van der Waals surface area contributed by atoms with Crippen LogP contribution in [0.5, 0.6) is 11.5 Å². The van der Waals surface area contributed by atoms with Crippen LogP contribution in [0.25, 0.3) is 0 Å². The van der Waals surface area contributed by atoms with Crippen molar-refractivity contribution < 1.29 is 14.6 Å². The second-order valence-corrected chi connectivity index (χ2v) is 10.6. The average Bonchev–Trinajstić information content (AvgIpc) is 3.29. The molecule has 4 rings (SSSR count). The van der Waals surface area contributed by atoms with Crippen LogP contribution in [0.3, 0.4) is 0 Å². The minimum Gasteiger partial charge on any atom is -0.508 e. The molecule has 0 spiro atoms. The number of carbonyl (C=O) groups is 1. The molecule has 0 saturated carbocycles. The number of phenols is 1. The third kappa shape index (κ3) is 5.46. The van der Waals surface area contributed by atoms with Gasteiger partial charge in [0.2, 0.25) is 5.91 Å². The number of phenolic OH excluding ortho intramolecular Hbond substituents is 1. The van der Waals surface area contributed by atoms with Crippen LogP contribution in [0.15, 0.2) is 72.8 Å². The molecule has 1 amide bonds. The van der Waals surface area contributed by atoms with Crippen LogP contribution >= 0.6 is 0 Å². The summed E-state index contributed by atoms with van der Waals surface area (Å²) < 4.78 is 6.22. The lowest BCUT2D eigenvalue weighted by Crippen LogP contribution is -2.50. The smallest absolute Gasteiger partial charge is 0.228 e. The normalized spacial score (nSPS) is 22.1. The molecule has 1 aliphatic carbocycles. The summed E-state index contributed by atoms with van der Waals surface area (Å²) in [6.07, 6.45) is 11.6. The lowest BCUT2D eigenvalue weighted by atomic mass is 9.63. The summed E-state index contributed by atoms with van der Waals surface area (Å²) in [4.78, 5) is 15.6. The molecule has 2 aromatic carbocycles. The van der Waals surface area contributed by atoms with Crippen LogP contribution in [-0.4, -0.2) is 40.6 Å². The number of nitrogens with two attached hydrogens (primary N) is 1. The molecule has 5 heteroatoms. The van der Waals surface area contributed by atoms with Crippen LogP contribution in [0.1, 0.15) is 50.7 Å². The molecule has 0 bridgehead atoms. The van der Waals surface area contributed by atoms with E-state index in [0.717, 1.165) is 43.5 Å². The molecule has 2 unspecified atom stereocenters. The van der Waals surface area contributed by atoms with Gasteiger partial charge >= 0.3 is 0 Å². The van der Waals surface area contributed by atoms with E-state index < -0.39 is 5.41 Å². The number of aromatic hydroxyl groups is 1. The predicted molar refractivity (Wildman–Crippen MR) is 140 cm³/mol. The summed E-state index contributed by atoms with van der Waals surface area (Å²) in [5.74, 6) is 0.713. The molecule has 35 heavy (non-hydrogen) atoms. The summed E-state index contributed by atoms with van der Waals surface area (Å²) in [7, 11) is 0. The molecule has 1 aliphatic heterocycles. The number of ether oxygens (including phenoxy) is 1. The number of benzene rings is 2. The Balaban J connectivity index is 1.50. The van der Waals surface area contributed by atoms with Crippen molar-refractivity contribution >= 4 is 5.91 Å². The van der Waals surface area contributed by atoms with E-state index in [-0.39, 0.29) is 29.2 Å². The quantitative estimate of drug-likeness (QED) is 0.519. The van der Waals surface area contributed by atoms with E-state index in [1.54, 1.807) is 12.1 Å². The molecule has 2 aromatic rings. The Bertz CT molecular complexity index is 1070. The van der Waals surface area contributed by atoms with Gasteiger partial charge in [0.1, 0.15) is 17.6 Å². The molecule has 2 aliphatic rings. The van der Waals surface area contributed by atoms with E-state index in [4.69, 9.17) is 10.5 Å². The lowest BCUT2D eigenvalue weighted by molar-refractivity contribution is -0.125. The van der Waals surface area contributed by atoms with Crippen molar-refractivity contribution in [2.75, 3.05) is 13.1 Å². The Morgan fingerprint density at radius 3 is 2.57 bits per heavy atom. The van der Waals surface area contributed by atoms with Gasteiger partial charge in [-0.15, -0.1) is 0 Å². The molecule has 5 nitrogen and oxygen atoms in total. The highest BCUT2D eigenvalue weighted by molar-refractivity contribution is 5.87. The molecule has 1 fully saturated rings. The zero-order valence-electron chi connectivity index (χ0n) is 21.1. The fraction of sp³-hybridized carbons (Fsp3) is 0.433. The van der Waals surface area contributed by atoms with Gasteiger partial charge in [0, 0.05) is 24.7 Å². The maximum atomic E-state index is 13.2. The number of hydrogen-bond donors (Lipinski definition) is 2. The lowest BCUT2D eigenvalue weighted by Gasteiger charge is -2.42. The second-order valence-electron chi connectivity index (χ2n) is 10.6. The molecule has 0 radical (unpaired) electrons. The first-order valence-electron chi connectivity index (χ1n) is 12.6. The van der Waals surface area contributed by atoms with Crippen LogP contribution in [0, 0.1) is 12.8 Å². The van der Waals surface area contributed by atoms with Crippen molar-refractivity contribution in [3.05, 3.63) is 84.0 Å². The number of nitrogens with zero attached hydrogens (tertiary/aromatic N) is 1. The van der Waals surface area contributed by atoms with Gasteiger partial charge in [-0.1, -0.05) is 54.6 Å². The van der Waals surface area contributed by atoms with Crippen molar-refractivity contribution in [3.8, 4) is 11.5 Å². The summed E-state index contributed by atoms with van der Waals surface area (Å²) in [6, 6.07) is 15.4. The first kappa shape index (κ1) is 25.1. The van der Waals surface area contributed by atoms with Gasteiger partial charge in [-0.25, -0.2) is 0 Å². The van der Waals surface area contributed by atoms with Crippen molar-refractivity contribution in [3.63, 3.8) is 0 Å². The minimum absolute atomic E-state index is 0.0341. The highest BCUT2D eigenvalue weighted by Gasteiger charge is 2.46. The van der Waals surface area contributed by atoms with E-state index in [9.17, 15) is 9.90 Å². The van der Waals surface area contributed by atoms with Gasteiger partial charge in [-0.3, -0.25) is 9.69 Å². The second kappa shape index (κ2) is 10.3. The van der Waals surface area contributed by atoms with Crippen molar-refractivity contribution in [2.45, 2.75) is 63.5 Å². The average molecular weight is 475 g/mol. The third-order valence-corrected chi connectivity index (χ3v) is 7.81. The van der Waals surface area contributed by atoms with E-state index in [2.05, 4.69) is 30.9 Å². The van der Waals surface area contributed by atoms with Crippen molar-refractivity contribution in [1.82, 2.24) is 4.90 Å². The van der Waals surface area contributed by atoms with Crippen LogP contribution in [-0.2, 0) is 10.2 Å². The Labute approximate surface area is 209 Å². The molecular formula is C30H38N2O3. The van der Waals surface area contributed by atoms with Crippen molar-refractivity contribution in [1.29, 1.82) is 0 Å². The topological polar surface area (TPSA) is 75.8 Å². The number of primary amides is 1. The van der Waals surface area contributed by atoms with Gasteiger partial charge in [0.15, 0.2) is 0 Å². The Morgan fingerprint density at radius 1 is 1.14 bits per heavy atom. The highest BCUT2D eigenvalue weighted by Crippen LogP contribution is 2.43. The first-order valence-corrected chi connectivity index (χ1v) is 12.6. The van der Waals surface area contributed by atoms with E-state index in [0.29, 0.717) is 12.2 Å². The van der Waals surface area contributed by atoms with Gasteiger partial charge in [0.05, 0.1) is 5.41 Å². The summed E-state index contributed by atoms with van der Waals surface area (Å²) in [5, 5.41) is 9.90. The summed E-state index contributed by atoms with van der Waals surface area (Å²) in [6.45, 7) is 8.19. The van der Waals surface area contributed by atoms with Crippen LogP contribution < -0.4 is 10.5 Å². The zero-order chi connectivity index (χ0) is 25.1. The van der Waals surface area contributed by atoms with E-state index in [1.807, 2.05) is 55.5 Å². The van der Waals surface area contributed by atoms with Crippen molar-refractivity contribution in [2.24, 2.45) is 11.7 Å². The maximum Gasteiger partial charge on any atom is 0.228 e. The molecule has 1 heterocycles. The molecule has 186 valence electrons. The van der Waals surface area contributed by atoms with Gasteiger partial charge in [-0.05, 0) is 75.6 Å². The zero-order valence-corrected chi connectivity index (χ0v) is 21.1. The van der Waals surface area contributed by atoms with Gasteiger partial charge in [0.25, 0.3) is 0 Å². The van der Waals surface area contributed by atoms with Gasteiger partial charge in [-0.2, -0.15) is 0 Å². The number of aryl methyl sites for hydroxylation is 1. The first-order chi connectivity index (χ1) is 16.7. The molecule has 0 aromatic heterocycles. The van der Waals surface area contributed by atoms with E-state index >= 15 is 0 Å². The summed E-state index contributed by atoms with van der Waals surface area (Å²) in [5.41, 5.74) is 7.29. The Morgan fingerprint density at radius 2 is 1.91 bits per heavy atom. The standard InChI is InChI=1S/C30H38N2O3/c1-22-18-25(33)20-27(19-22)35-26-14-17-32(21-26)29(2,3)15-16-30(28(31)34,23-10-6-4-7-11-23)24-12-8-5-9-13-24/h4-12,18-20,24,26,33H,13-17,21H2,1-3H3,(H2,31,34)/t24?,26-,30?/m0/s1. The monoisotopic (exact) mass is 474 g/mol. The maximum absolute atomic E-state index is 13.2. The van der Waals surface area contributed by atoms with Crippen LogP contribution in [0.4, 0.5) is 0 Å². The number of likely N-dealkylation sites (tertiary alicyclic amines) is 1. The number of allylic oxidation sites excluding steroid dienone is 4. The van der Waals surface area contributed by atoms with Gasteiger partial charge < -0.3 is 15.6 Å². The fourth-order valence-electron chi connectivity index (χ4n) is 5.70. The molecule has 3 atom stereocenters. The Hall–Kier alpha value is -3.05. The largest absolute Gasteiger partial charge is 0.508 e. The van der Waals surface area contributed by atoms with E-state index in [1.165, 1.54) is 0 Å². The highest BCUT2D eigenvalue weighted by atomic mass is 16.5. The third-order valence-electron chi connectivity index (χ3n) is 7.81. The number of amides is 1. The number of hydrogen-bond acceptors (Lipinski definition) is 4. The summed E-state index contributed by atoms with van der Waals surface area (Å²) >= 11 is 0. The molecular weight excluding hydrogens is 436 g/mol. The Kier molecular flexibility index (Phi) is 7.36. The molecule has 1 saturated heterocycles. The fourth-order valence-corrected chi connectivity index (χ4v) is 5.70. The molecule has 3 N–H and O–H groups in total. The number of carbonyl (C=O) groups excluding carboxylic acids is 1. The minimum atomic E-state index is -0.755. The SMILES string of the molecule is Cc1cc(O)cc(O[C@H]2CCN(C(C)(C)CCC(C(N)=O)(c3ccccc3)C3C=CC=CC3)C2)c1. The van der Waals surface area contributed by atoms with Crippen LogP contribution in [0.2, 0.25) is 0 Å². The number of rotatable bonds is 9. The predicted octanol–water partition coefficient (Wildman–Crippen LogP) is 5.27.